The van der Waals surface area contributed by atoms with Crippen molar-refractivity contribution in [3.8, 4) is 5.75 Å². The summed E-state index contributed by atoms with van der Waals surface area (Å²) in [6.45, 7) is 5.39. The van der Waals surface area contributed by atoms with E-state index in [-0.39, 0.29) is 5.91 Å². The largest absolute Gasteiger partial charge is 0.492 e. The Morgan fingerprint density at radius 1 is 1.11 bits per heavy atom. The number of amides is 1. The van der Waals surface area contributed by atoms with Crippen LogP contribution in [0.1, 0.15) is 17.5 Å². The second-order valence-electron chi connectivity index (χ2n) is 6.47. The lowest BCUT2D eigenvalue weighted by Gasteiger charge is -2.36. The predicted octanol–water partition coefficient (Wildman–Crippen LogP) is 4.45. The van der Waals surface area contributed by atoms with Crippen molar-refractivity contribution in [1.82, 2.24) is 4.90 Å². The zero-order valence-electron chi connectivity index (χ0n) is 15.2. The highest BCUT2D eigenvalue weighted by Crippen LogP contribution is 2.29. The van der Waals surface area contributed by atoms with Crippen LogP contribution in [0, 0.1) is 0 Å². The van der Waals surface area contributed by atoms with E-state index >= 15 is 0 Å². The number of ether oxygens (including phenoxy) is 1. The molecule has 1 amide bonds. The molecule has 6 heteroatoms. The van der Waals surface area contributed by atoms with Gasteiger partial charge in [0.1, 0.15) is 11.3 Å². The fraction of sp³-hybridized carbons (Fsp3) is 0.286. The molecule has 2 heterocycles. The van der Waals surface area contributed by atoms with Gasteiger partial charge in [0.25, 0.3) is 5.91 Å². The van der Waals surface area contributed by atoms with E-state index in [4.69, 9.17) is 20.8 Å². The molecule has 4 rings (SSSR count). The number of carbonyl (C=O) groups excluding carboxylic acids is 1. The molecule has 1 aliphatic rings. The molecule has 0 atom stereocenters. The lowest BCUT2D eigenvalue weighted by Crippen LogP contribution is -2.48. The van der Waals surface area contributed by atoms with Crippen molar-refractivity contribution in [1.29, 1.82) is 0 Å². The van der Waals surface area contributed by atoms with Gasteiger partial charge in [0.2, 0.25) is 0 Å². The van der Waals surface area contributed by atoms with Gasteiger partial charge in [-0.05, 0) is 43.3 Å². The zero-order chi connectivity index (χ0) is 18.8. The molecule has 5 nitrogen and oxygen atoms in total. The second-order valence-corrected chi connectivity index (χ2v) is 6.91. The van der Waals surface area contributed by atoms with E-state index < -0.39 is 0 Å². The Balaban J connectivity index is 1.46. The summed E-state index contributed by atoms with van der Waals surface area (Å²) in [4.78, 5) is 16.9. The maximum Gasteiger partial charge on any atom is 0.289 e. The predicted molar refractivity (Wildman–Crippen MR) is 107 cm³/mol. The fourth-order valence-electron chi connectivity index (χ4n) is 3.42. The van der Waals surface area contributed by atoms with Crippen LogP contribution in [0.5, 0.6) is 5.75 Å². The van der Waals surface area contributed by atoms with Crippen molar-refractivity contribution in [3.63, 3.8) is 0 Å². The Hall–Kier alpha value is -2.66. The monoisotopic (exact) mass is 384 g/mol. The van der Waals surface area contributed by atoms with Gasteiger partial charge in [0.15, 0.2) is 5.76 Å². The zero-order valence-corrected chi connectivity index (χ0v) is 15.9. The Kier molecular flexibility index (Phi) is 4.94. The Morgan fingerprint density at radius 3 is 2.67 bits per heavy atom. The van der Waals surface area contributed by atoms with Gasteiger partial charge < -0.3 is 19.0 Å². The Bertz CT molecular complexity index is 961. The molecule has 140 valence electrons. The van der Waals surface area contributed by atoms with Crippen LogP contribution in [0.15, 0.2) is 52.9 Å². The van der Waals surface area contributed by atoms with Crippen LogP contribution in [-0.4, -0.2) is 43.6 Å². The summed E-state index contributed by atoms with van der Waals surface area (Å²) < 4.78 is 11.4. The molecule has 2 aromatic carbocycles. The molecule has 0 radical (unpaired) electrons. The first-order chi connectivity index (χ1) is 13.2. The van der Waals surface area contributed by atoms with Crippen molar-refractivity contribution < 1.29 is 13.9 Å². The van der Waals surface area contributed by atoms with Crippen LogP contribution in [0.2, 0.25) is 5.02 Å². The molecule has 1 saturated heterocycles. The number of carbonyl (C=O) groups is 1. The average molecular weight is 385 g/mol. The lowest BCUT2D eigenvalue weighted by molar-refractivity contribution is 0.0717. The fourth-order valence-corrected chi connectivity index (χ4v) is 3.60. The highest BCUT2D eigenvalue weighted by atomic mass is 35.5. The lowest BCUT2D eigenvalue weighted by atomic mass is 10.2. The van der Waals surface area contributed by atoms with Crippen molar-refractivity contribution in [3.05, 3.63) is 59.3 Å². The SMILES string of the molecule is CCOc1ccccc1N1CCN(C(=O)c2cc3cc(Cl)ccc3o2)CC1. The summed E-state index contributed by atoms with van der Waals surface area (Å²) in [6.07, 6.45) is 0. The third-order valence-electron chi connectivity index (χ3n) is 4.76. The number of anilines is 1. The summed E-state index contributed by atoms with van der Waals surface area (Å²) in [5.74, 6) is 1.16. The van der Waals surface area contributed by atoms with E-state index in [1.807, 2.05) is 30.0 Å². The second kappa shape index (κ2) is 7.53. The number of halogens is 1. The van der Waals surface area contributed by atoms with E-state index in [1.165, 1.54) is 0 Å². The number of nitrogens with zero attached hydrogens (tertiary/aromatic N) is 2. The molecule has 27 heavy (non-hydrogen) atoms. The van der Waals surface area contributed by atoms with E-state index in [2.05, 4.69) is 11.0 Å². The number of hydrogen-bond donors (Lipinski definition) is 0. The number of piperazine rings is 1. The van der Waals surface area contributed by atoms with Gasteiger partial charge >= 0.3 is 0 Å². The molecule has 0 unspecified atom stereocenters. The van der Waals surface area contributed by atoms with E-state index in [0.717, 1.165) is 29.9 Å². The number of para-hydroxylation sites is 2. The number of furan rings is 1. The van der Waals surface area contributed by atoms with Crippen molar-refractivity contribution >= 4 is 34.2 Å². The third kappa shape index (κ3) is 3.60. The van der Waals surface area contributed by atoms with Crippen LogP contribution in [0.3, 0.4) is 0 Å². The van der Waals surface area contributed by atoms with Crippen molar-refractivity contribution in [2.24, 2.45) is 0 Å². The van der Waals surface area contributed by atoms with Gasteiger partial charge in [-0.3, -0.25) is 4.79 Å². The van der Waals surface area contributed by atoms with E-state index in [1.54, 1.807) is 24.3 Å². The molecule has 3 aromatic rings. The normalized spacial score (nSPS) is 14.6. The Labute approximate surface area is 163 Å². The summed E-state index contributed by atoms with van der Waals surface area (Å²) in [7, 11) is 0. The number of rotatable bonds is 4. The van der Waals surface area contributed by atoms with E-state index in [0.29, 0.717) is 36.1 Å². The molecule has 1 aromatic heterocycles. The molecule has 0 N–H and O–H groups in total. The van der Waals surface area contributed by atoms with Gasteiger partial charge in [-0.1, -0.05) is 23.7 Å². The smallest absolute Gasteiger partial charge is 0.289 e. The van der Waals surface area contributed by atoms with Gasteiger partial charge in [0.05, 0.1) is 12.3 Å². The number of fused-ring (bicyclic) bond motifs is 1. The highest BCUT2D eigenvalue weighted by molar-refractivity contribution is 6.31. The molecule has 1 aliphatic heterocycles. The maximum atomic E-state index is 12.8. The van der Waals surface area contributed by atoms with Crippen LogP contribution in [-0.2, 0) is 0 Å². The molecule has 0 saturated carbocycles. The molecular weight excluding hydrogens is 364 g/mol. The van der Waals surface area contributed by atoms with Gasteiger partial charge in [0, 0.05) is 36.6 Å². The van der Waals surface area contributed by atoms with Crippen molar-refractivity contribution in [2.45, 2.75) is 6.92 Å². The average Bonchev–Trinajstić information content (AvgIpc) is 3.11. The van der Waals surface area contributed by atoms with E-state index in [9.17, 15) is 4.79 Å². The Morgan fingerprint density at radius 2 is 1.89 bits per heavy atom. The molecule has 0 bridgehead atoms. The summed E-state index contributed by atoms with van der Waals surface area (Å²) in [5, 5.41) is 1.47. The minimum absolute atomic E-state index is 0.0833. The highest BCUT2D eigenvalue weighted by Gasteiger charge is 2.25. The molecule has 0 aliphatic carbocycles. The van der Waals surface area contributed by atoms with Gasteiger partial charge in [-0.15, -0.1) is 0 Å². The van der Waals surface area contributed by atoms with Crippen LogP contribution >= 0.6 is 11.6 Å². The standard InChI is InChI=1S/C21H21ClN2O3/c1-2-26-19-6-4-3-5-17(19)23-9-11-24(12-10-23)21(25)20-14-15-13-16(22)7-8-18(15)27-20/h3-8,13-14H,2,9-12H2,1H3. The van der Waals surface area contributed by atoms with Gasteiger partial charge in [-0.2, -0.15) is 0 Å². The van der Waals surface area contributed by atoms with Crippen LogP contribution in [0.25, 0.3) is 11.0 Å². The van der Waals surface area contributed by atoms with Gasteiger partial charge in [-0.25, -0.2) is 0 Å². The molecule has 0 spiro atoms. The summed E-state index contributed by atoms with van der Waals surface area (Å²) >= 11 is 6.01. The quantitative estimate of drug-likeness (QED) is 0.666. The summed E-state index contributed by atoms with van der Waals surface area (Å²) in [5.41, 5.74) is 1.75. The minimum atomic E-state index is -0.0833. The number of benzene rings is 2. The summed E-state index contributed by atoms with van der Waals surface area (Å²) in [6, 6.07) is 15.1. The third-order valence-corrected chi connectivity index (χ3v) is 5.00. The molecule has 1 fully saturated rings. The molecular formula is C21H21ClN2O3. The van der Waals surface area contributed by atoms with Crippen LogP contribution in [0.4, 0.5) is 5.69 Å². The maximum absolute atomic E-state index is 12.8. The first-order valence-electron chi connectivity index (χ1n) is 9.11. The first-order valence-corrected chi connectivity index (χ1v) is 9.48. The topological polar surface area (TPSA) is 45.9 Å². The first kappa shape index (κ1) is 17.7. The number of hydrogen-bond acceptors (Lipinski definition) is 4. The van der Waals surface area contributed by atoms with Crippen LogP contribution < -0.4 is 9.64 Å². The minimum Gasteiger partial charge on any atom is -0.492 e. The van der Waals surface area contributed by atoms with Crippen molar-refractivity contribution in [2.75, 3.05) is 37.7 Å².